The summed E-state index contributed by atoms with van der Waals surface area (Å²) in [7, 11) is 6.55. The van der Waals surface area contributed by atoms with Gasteiger partial charge in [0.15, 0.2) is 11.5 Å². The number of hydrogen-bond acceptors (Lipinski definition) is 4. The highest BCUT2D eigenvalue weighted by molar-refractivity contribution is 5.97. The summed E-state index contributed by atoms with van der Waals surface area (Å²) in [5.74, 6) is 2.30. The summed E-state index contributed by atoms with van der Waals surface area (Å²) in [6, 6.07) is 3.68. The monoisotopic (exact) mass is 321 g/mol. The van der Waals surface area contributed by atoms with Gasteiger partial charge >= 0.3 is 0 Å². The van der Waals surface area contributed by atoms with E-state index in [-0.39, 0.29) is 11.9 Å². The molecule has 128 valence electrons. The molecule has 23 heavy (non-hydrogen) atoms. The average molecular weight is 321 g/mol. The lowest BCUT2D eigenvalue weighted by Gasteiger charge is -2.34. The van der Waals surface area contributed by atoms with Crippen molar-refractivity contribution in [2.45, 2.75) is 38.6 Å². The average Bonchev–Trinajstić information content (AvgIpc) is 2.59. The third kappa shape index (κ3) is 3.71. The van der Waals surface area contributed by atoms with Gasteiger partial charge < -0.3 is 19.1 Å². The molecule has 0 bridgehead atoms. The molecule has 5 heteroatoms. The third-order valence-corrected chi connectivity index (χ3v) is 4.79. The van der Waals surface area contributed by atoms with Crippen LogP contribution < -0.4 is 14.2 Å². The summed E-state index contributed by atoms with van der Waals surface area (Å²) in [6.45, 7) is 2.27. The molecule has 0 heterocycles. The Bertz CT molecular complexity index is 550. The maximum atomic E-state index is 12.9. The van der Waals surface area contributed by atoms with Gasteiger partial charge in [0.05, 0.1) is 26.9 Å². The molecular weight excluding hydrogens is 294 g/mol. The highest BCUT2D eigenvalue weighted by Gasteiger charge is 2.28. The van der Waals surface area contributed by atoms with Crippen LogP contribution in [0.3, 0.4) is 0 Å². The van der Waals surface area contributed by atoms with Crippen LogP contribution in [0.4, 0.5) is 0 Å². The number of carbonyl (C=O) groups is 1. The SMILES string of the molecule is COc1cc(OC)c(C(=O)N(C)C2CCC(C)CC2)cc1OC. The van der Waals surface area contributed by atoms with Crippen molar-refractivity contribution in [2.24, 2.45) is 5.92 Å². The van der Waals surface area contributed by atoms with Gasteiger partial charge in [-0.05, 0) is 31.6 Å². The van der Waals surface area contributed by atoms with Gasteiger partial charge in [0.25, 0.3) is 5.91 Å². The molecule has 1 fully saturated rings. The van der Waals surface area contributed by atoms with Crippen LogP contribution in [0.25, 0.3) is 0 Å². The minimum Gasteiger partial charge on any atom is -0.496 e. The first-order valence-corrected chi connectivity index (χ1v) is 8.09. The van der Waals surface area contributed by atoms with E-state index in [1.807, 2.05) is 11.9 Å². The molecular formula is C18H27NO4. The number of amides is 1. The van der Waals surface area contributed by atoms with Crippen molar-refractivity contribution in [3.05, 3.63) is 17.7 Å². The van der Waals surface area contributed by atoms with E-state index in [0.717, 1.165) is 18.8 Å². The lowest BCUT2D eigenvalue weighted by molar-refractivity contribution is 0.0675. The van der Waals surface area contributed by atoms with Crippen molar-refractivity contribution in [3.8, 4) is 17.2 Å². The van der Waals surface area contributed by atoms with E-state index in [1.165, 1.54) is 12.8 Å². The standard InChI is InChI=1S/C18H27NO4/c1-12-6-8-13(9-7-12)19(2)18(20)14-10-16(22-4)17(23-5)11-15(14)21-3/h10-13H,6-9H2,1-5H3. The zero-order valence-electron chi connectivity index (χ0n) is 14.7. The molecule has 0 atom stereocenters. The Balaban J connectivity index is 2.27. The predicted octanol–water partition coefficient (Wildman–Crippen LogP) is 3.36. The maximum Gasteiger partial charge on any atom is 0.257 e. The molecule has 1 aromatic carbocycles. The number of benzene rings is 1. The molecule has 0 saturated heterocycles. The first-order chi connectivity index (χ1) is 11.0. The summed E-state index contributed by atoms with van der Waals surface area (Å²) in [5.41, 5.74) is 0.506. The van der Waals surface area contributed by atoms with Crippen LogP contribution in [0.1, 0.15) is 43.0 Å². The van der Waals surface area contributed by atoms with E-state index in [2.05, 4.69) is 6.92 Å². The minimum atomic E-state index is -0.0395. The largest absolute Gasteiger partial charge is 0.496 e. The van der Waals surface area contributed by atoms with E-state index in [0.29, 0.717) is 22.8 Å². The molecule has 0 N–H and O–H groups in total. The lowest BCUT2D eigenvalue weighted by Crippen LogP contribution is -2.39. The minimum absolute atomic E-state index is 0.0395. The first kappa shape index (κ1) is 17.4. The molecule has 1 amide bonds. The Kier molecular flexibility index (Phi) is 5.74. The molecule has 0 aromatic heterocycles. The number of methoxy groups -OCH3 is 3. The molecule has 5 nitrogen and oxygen atoms in total. The molecule has 0 aliphatic heterocycles. The van der Waals surface area contributed by atoms with E-state index < -0.39 is 0 Å². The van der Waals surface area contributed by atoms with Gasteiger partial charge in [-0.25, -0.2) is 0 Å². The van der Waals surface area contributed by atoms with E-state index in [1.54, 1.807) is 33.5 Å². The Morgan fingerprint density at radius 2 is 1.48 bits per heavy atom. The van der Waals surface area contributed by atoms with Crippen molar-refractivity contribution < 1.29 is 19.0 Å². The number of carbonyl (C=O) groups excluding carboxylic acids is 1. The number of hydrogen-bond donors (Lipinski definition) is 0. The molecule has 1 saturated carbocycles. The highest BCUT2D eigenvalue weighted by atomic mass is 16.5. The first-order valence-electron chi connectivity index (χ1n) is 8.09. The van der Waals surface area contributed by atoms with E-state index in [4.69, 9.17) is 14.2 Å². The molecule has 1 aliphatic rings. The second kappa shape index (κ2) is 7.57. The van der Waals surface area contributed by atoms with Crippen LogP contribution in [-0.2, 0) is 0 Å². The Morgan fingerprint density at radius 3 is 2.00 bits per heavy atom. The summed E-state index contributed by atoms with van der Waals surface area (Å²) in [4.78, 5) is 14.8. The Labute approximate surface area is 138 Å². The summed E-state index contributed by atoms with van der Waals surface area (Å²) in [6.07, 6.45) is 4.45. The second-order valence-electron chi connectivity index (χ2n) is 6.24. The van der Waals surface area contributed by atoms with Crippen molar-refractivity contribution in [3.63, 3.8) is 0 Å². The number of nitrogens with zero attached hydrogens (tertiary/aromatic N) is 1. The number of rotatable bonds is 5. The van der Waals surface area contributed by atoms with Gasteiger partial charge in [-0.2, -0.15) is 0 Å². The fourth-order valence-corrected chi connectivity index (χ4v) is 3.18. The van der Waals surface area contributed by atoms with E-state index in [9.17, 15) is 4.79 Å². The number of ether oxygens (including phenoxy) is 3. The zero-order chi connectivity index (χ0) is 17.0. The maximum absolute atomic E-state index is 12.9. The topological polar surface area (TPSA) is 48.0 Å². The molecule has 1 aliphatic carbocycles. The molecule has 0 unspecified atom stereocenters. The van der Waals surface area contributed by atoms with Crippen molar-refractivity contribution >= 4 is 5.91 Å². The molecule has 0 spiro atoms. The smallest absolute Gasteiger partial charge is 0.257 e. The molecule has 1 aromatic rings. The van der Waals surface area contributed by atoms with Gasteiger partial charge in [-0.1, -0.05) is 6.92 Å². The summed E-state index contributed by atoms with van der Waals surface area (Å²) >= 11 is 0. The lowest BCUT2D eigenvalue weighted by atomic mass is 9.86. The van der Waals surface area contributed by atoms with Crippen molar-refractivity contribution in [1.29, 1.82) is 0 Å². The molecule has 0 radical (unpaired) electrons. The highest BCUT2D eigenvalue weighted by Crippen LogP contribution is 2.36. The van der Waals surface area contributed by atoms with Gasteiger partial charge in [0.1, 0.15) is 5.75 Å². The Hall–Kier alpha value is -1.91. The van der Waals surface area contributed by atoms with Crippen molar-refractivity contribution in [1.82, 2.24) is 4.90 Å². The zero-order valence-corrected chi connectivity index (χ0v) is 14.7. The van der Waals surface area contributed by atoms with Crippen LogP contribution >= 0.6 is 0 Å². The second-order valence-corrected chi connectivity index (χ2v) is 6.24. The van der Waals surface area contributed by atoms with Gasteiger partial charge in [0.2, 0.25) is 0 Å². The fourth-order valence-electron chi connectivity index (χ4n) is 3.18. The van der Waals surface area contributed by atoms with E-state index >= 15 is 0 Å². The van der Waals surface area contributed by atoms with Gasteiger partial charge in [-0.15, -0.1) is 0 Å². The normalized spacial score (nSPS) is 20.7. The van der Waals surface area contributed by atoms with Crippen LogP contribution in [-0.4, -0.2) is 45.2 Å². The Morgan fingerprint density at radius 1 is 0.957 bits per heavy atom. The third-order valence-electron chi connectivity index (χ3n) is 4.79. The molecule has 2 rings (SSSR count). The van der Waals surface area contributed by atoms with Crippen LogP contribution in [0.15, 0.2) is 12.1 Å². The van der Waals surface area contributed by atoms with Crippen molar-refractivity contribution in [2.75, 3.05) is 28.4 Å². The van der Waals surface area contributed by atoms with Gasteiger partial charge in [0, 0.05) is 25.2 Å². The summed E-state index contributed by atoms with van der Waals surface area (Å²) < 4.78 is 16.0. The fraction of sp³-hybridized carbons (Fsp3) is 0.611. The quantitative estimate of drug-likeness (QED) is 0.834. The predicted molar refractivity (Wildman–Crippen MR) is 89.6 cm³/mol. The van der Waals surface area contributed by atoms with Crippen LogP contribution in [0.5, 0.6) is 17.2 Å². The summed E-state index contributed by atoms with van der Waals surface area (Å²) in [5, 5.41) is 0. The van der Waals surface area contributed by atoms with Crippen LogP contribution in [0.2, 0.25) is 0 Å². The van der Waals surface area contributed by atoms with Crippen LogP contribution in [0, 0.1) is 5.92 Å². The van der Waals surface area contributed by atoms with Gasteiger partial charge in [-0.3, -0.25) is 4.79 Å².